The number of rotatable bonds is 5. The van der Waals surface area contributed by atoms with Crippen LogP contribution in [-0.2, 0) is 13.0 Å². The van der Waals surface area contributed by atoms with Crippen molar-refractivity contribution in [3.8, 4) is 5.75 Å². The summed E-state index contributed by atoms with van der Waals surface area (Å²) in [5.41, 5.74) is 7.70. The van der Waals surface area contributed by atoms with Crippen molar-refractivity contribution in [3.63, 3.8) is 0 Å². The highest BCUT2D eigenvalue weighted by Gasteiger charge is 2.12. The van der Waals surface area contributed by atoms with Crippen molar-refractivity contribution in [1.82, 2.24) is 15.0 Å². The molecule has 0 unspecified atom stereocenters. The molecular weight excluding hydrogens is 326 g/mol. The Hall–Kier alpha value is -3.09. The molecule has 0 fully saturated rings. The molecule has 3 aromatic rings. The van der Waals surface area contributed by atoms with Crippen molar-refractivity contribution < 1.29 is 13.5 Å². The fourth-order valence-corrected chi connectivity index (χ4v) is 2.38. The van der Waals surface area contributed by atoms with Gasteiger partial charge in [-0.2, -0.15) is 0 Å². The Kier molecular flexibility index (Phi) is 4.83. The summed E-state index contributed by atoms with van der Waals surface area (Å²) in [6.07, 6.45) is 6.43. The van der Waals surface area contributed by atoms with E-state index in [1.807, 2.05) is 6.92 Å². The minimum absolute atomic E-state index is 0.0186. The van der Waals surface area contributed by atoms with E-state index in [9.17, 15) is 8.78 Å². The van der Waals surface area contributed by atoms with Gasteiger partial charge in [-0.15, -0.1) is 0 Å². The topological polar surface area (TPSA) is 73.9 Å². The lowest BCUT2D eigenvalue weighted by atomic mass is 10.0. The van der Waals surface area contributed by atoms with Crippen LogP contribution >= 0.6 is 0 Å². The van der Waals surface area contributed by atoms with Crippen LogP contribution in [0.4, 0.5) is 14.6 Å². The summed E-state index contributed by atoms with van der Waals surface area (Å²) in [6, 6.07) is 4.41. The zero-order valence-electron chi connectivity index (χ0n) is 13.5. The van der Waals surface area contributed by atoms with E-state index in [0.717, 1.165) is 11.1 Å². The average molecular weight is 342 g/mol. The number of aromatic nitrogens is 3. The first-order chi connectivity index (χ1) is 12.1. The van der Waals surface area contributed by atoms with Gasteiger partial charge < -0.3 is 10.5 Å². The largest absolute Gasteiger partial charge is 0.485 e. The molecule has 3 rings (SSSR count). The van der Waals surface area contributed by atoms with Crippen molar-refractivity contribution in [2.75, 3.05) is 5.73 Å². The van der Waals surface area contributed by atoms with Gasteiger partial charge >= 0.3 is 0 Å². The third kappa shape index (κ3) is 3.71. The van der Waals surface area contributed by atoms with Crippen molar-refractivity contribution >= 4 is 5.82 Å². The second-order valence-electron chi connectivity index (χ2n) is 5.49. The number of halogens is 2. The second kappa shape index (κ2) is 7.21. The van der Waals surface area contributed by atoms with Gasteiger partial charge in [0.05, 0.1) is 6.20 Å². The minimum Gasteiger partial charge on any atom is -0.485 e. The quantitative estimate of drug-likeness (QED) is 0.771. The number of nitrogens with zero attached hydrogens (tertiary/aromatic N) is 3. The number of hydrogen-bond acceptors (Lipinski definition) is 5. The Morgan fingerprint density at radius 2 is 1.92 bits per heavy atom. The Balaban J connectivity index is 1.80. The van der Waals surface area contributed by atoms with E-state index in [1.165, 1.54) is 30.7 Å². The van der Waals surface area contributed by atoms with Crippen LogP contribution in [0.15, 0.2) is 43.0 Å². The highest BCUT2D eigenvalue weighted by Crippen LogP contribution is 2.24. The van der Waals surface area contributed by atoms with Gasteiger partial charge in [-0.1, -0.05) is 0 Å². The number of nitrogen functional groups attached to an aromatic ring is 1. The van der Waals surface area contributed by atoms with E-state index < -0.39 is 11.6 Å². The highest BCUT2D eigenvalue weighted by molar-refractivity contribution is 5.42. The molecule has 0 saturated heterocycles. The summed E-state index contributed by atoms with van der Waals surface area (Å²) in [6.45, 7) is 1.82. The van der Waals surface area contributed by atoms with Gasteiger partial charge in [-0.3, -0.25) is 9.97 Å². The van der Waals surface area contributed by atoms with E-state index in [4.69, 9.17) is 10.5 Å². The lowest BCUT2D eigenvalue weighted by Gasteiger charge is -2.13. The molecular formula is C18H16F2N4O. The normalized spacial score (nSPS) is 10.7. The molecule has 0 radical (unpaired) electrons. The predicted octanol–water partition coefficient (Wildman–Crippen LogP) is 3.21. The van der Waals surface area contributed by atoms with Crippen molar-refractivity contribution in [2.24, 2.45) is 0 Å². The summed E-state index contributed by atoms with van der Waals surface area (Å²) in [5.74, 6) is -0.617. The average Bonchev–Trinajstić information content (AvgIpc) is 2.61. The first-order valence-corrected chi connectivity index (χ1v) is 7.60. The van der Waals surface area contributed by atoms with Crippen molar-refractivity contribution in [3.05, 3.63) is 77.0 Å². The van der Waals surface area contributed by atoms with E-state index in [0.29, 0.717) is 17.7 Å². The number of nitrogens with two attached hydrogens (primary N) is 1. The second-order valence-corrected chi connectivity index (χ2v) is 5.49. The summed E-state index contributed by atoms with van der Waals surface area (Å²) >= 11 is 0. The molecule has 7 heteroatoms. The molecule has 0 aromatic carbocycles. The smallest absolute Gasteiger partial charge is 0.168 e. The Labute approximate surface area is 143 Å². The molecule has 128 valence electrons. The third-order valence-corrected chi connectivity index (χ3v) is 3.85. The van der Waals surface area contributed by atoms with Gasteiger partial charge in [-0.25, -0.2) is 13.8 Å². The predicted molar refractivity (Wildman–Crippen MR) is 88.9 cm³/mol. The van der Waals surface area contributed by atoms with Gasteiger partial charge in [0.25, 0.3) is 0 Å². The number of hydrogen-bond donors (Lipinski definition) is 1. The molecule has 0 spiro atoms. The summed E-state index contributed by atoms with van der Waals surface area (Å²) in [4.78, 5) is 11.8. The van der Waals surface area contributed by atoms with Crippen molar-refractivity contribution in [2.45, 2.75) is 20.0 Å². The molecule has 5 nitrogen and oxygen atoms in total. The molecule has 0 aliphatic rings. The lowest BCUT2D eigenvalue weighted by molar-refractivity contribution is 0.290. The summed E-state index contributed by atoms with van der Waals surface area (Å²) in [5, 5.41) is 0. The minimum atomic E-state index is -0.538. The van der Waals surface area contributed by atoms with E-state index >= 15 is 0 Å². The van der Waals surface area contributed by atoms with Gasteiger partial charge in [-0.05, 0) is 41.8 Å². The fourth-order valence-electron chi connectivity index (χ4n) is 2.38. The van der Waals surface area contributed by atoms with E-state index in [2.05, 4.69) is 15.0 Å². The van der Waals surface area contributed by atoms with Gasteiger partial charge in [0.15, 0.2) is 11.6 Å². The molecule has 3 heterocycles. The van der Waals surface area contributed by atoms with E-state index in [-0.39, 0.29) is 18.1 Å². The first kappa shape index (κ1) is 16.8. The zero-order valence-corrected chi connectivity index (χ0v) is 13.5. The SMILES string of the molecule is Cc1c(Cc2ccnc(N)c2F)cncc1OCc1ncccc1F. The molecule has 0 atom stereocenters. The molecule has 0 aliphatic carbocycles. The summed E-state index contributed by atoms with van der Waals surface area (Å²) in [7, 11) is 0. The number of ether oxygens (including phenoxy) is 1. The molecule has 0 aliphatic heterocycles. The maximum atomic E-state index is 14.0. The fraction of sp³-hybridized carbons (Fsp3) is 0.167. The van der Waals surface area contributed by atoms with Gasteiger partial charge in [0.1, 0.15) is 23.9 Å². The van der Waals surface area contributed by atoms with Crippen LogP contribution in [0, 0.1) is 18.6 Å². The van der Waals surface area contributed by atoms with Crippen LogP contribution in [0.3, 0.4) is 0 Å². The molecule has 0 amide bonds. The molecule has 0 saturated carbocycles. The van der Waals surface area contributed by atoms with Crippen molar-refractivity contribution in [1.29, 1.82) is 0 Å². The first-order valence-electron chi connectivity index (χ1n) is 7.60. The Bertz CT molecular complexity index is 902. The highest BCUT2D eigenvalue weighted by atomic mass is 19.1. The summed E-state index contributed by atoms with van der Waals surface area (Å²) < 4.78 is 33.3. The number of anilines is 1. The molecule has 25 heavy (non-hydrogen) atoms. The lowest BCUT2D eigenvalue weighted by Crippen LogP contribution is -2.05. The monoisotopic (exact) mass is 342 g/mol. The van der Waals surface area contributed by atoms with Crippen LogP contribution < -0.4 is 10.5 Å². The van der Waals surface area contributed by atoms with Crippen LogP contribution in [0.1, 0.15) is 22.4 Å². The maximum Gasteiger partial charge on any atom is 0.168 e. The molecule has 0 bridgehead atoms. The van der Waals surface area contributed by atoms with Crippen LogP contribution in [-0.4, -0.2) is 15.0 Å². The molecule has 3 aromatic heterocycles. The van der Waals surface area contributed by atoms with Crippen LogP contribution in [0.2, 0.25) is 0 Å². The van der Waals surface area contributed by atoms with E-state index in [1.54, 1.807) is 12.3 Å². The number of pyridine rings is 3. The molecule has 2 N–H and O–H groups in total. The Morgan fingerprint density at radius 3 is 2.72 bits per heavy atom. The zero-order chi connectivity index (χ0) is 17.8. The Morgan fingerprint density at radius 1 is 1.08 bits per heavy atom. The van der Waals surface area contributed by atoms with Crippen LogP contribution in [0.25, 0.3) is 0 Å². The van der Waals surface area contributed by atoms with Gasteiger partial charge in [0, 0.05) is 25.0 Å². The maximum absolute atomic E-state index is 14.0. The van der Waals surface area contributed by atoms with Crippen LogP contribution in [0.5, 0.6) is 5.75 Å². The standard InChI is InChI=1S/C18H16F2N4O/c1-11-13(7-12-4-6-24-18(21)17(12)20)8-22-9-16(11)25-10-15-14(19)3-2-5-23-15/h2-6,8-9H,7,10H2,1H3,(H2,21,24). The third-order valence-electron chi connectivity index (χ3n) is 3.85. The van der Waals surface area contributed by atoms with Gasteiger partial charge in [0.2, 0.25) is 0 Å².